The first-order chi connectivity index (χ1) is 8.56. The second-order valence-corrected chi connectivity index (χ2v) is 4.91. The molecule has 0 aliphatic heterocycles. The van der Waals surface area contributed by atoms with Crippen LogP contribution in [0, 0.1) is 12.3 Å². The first kappa shape index (κ1) is 14.7. The van der Waals surface area contributed by atoms with Crippen LogP contribution in [0.25, 0.3) is 0 Å². The quantitative estimate of drug-likeness (QED) is 0.819. The van der Waals surface area contributed by atoms with E-state index in [-0.39, 0.29) is 24.5 Å². The van der Waals surface area contributed by atoms with E-state index in [9.17, 15) is 4.79 Å². The van der Waals surface area contributed by atoms with Crippen molar-refractivity contribution in [2.24, 2.45) is 0 Å². The molecule has 0 fully saturated rings. The molecule has 1 rings (SSSR count). The van der Waals surface area contributed by atoms with E-state index in [2.05, 4.69) is 32.5 Å². The molecule has 0 aliphatic rings. The van der Waals surface area contributed by atoms with E-state index >= 15 is 0 Å². The molecule has 3 nitrogen and oxygen atoms in total. The number of carbonyl (C=O) groups excluding carboxylic acids is 1. The number of terminal acetylenes is 1. The standard InChI is InChI=1S/C14H17BrN2O/c1-4-9-16-14(18)11(3)17-10(2)12-7-5-6-8-13(12)15/h1,5-8,10-11,17H,9H2,2-3H3,(H,16,18)/t10-,11?/m0/s1. The van der Waals surface area contributed by atoms with Gasteiger partial charge in [0.1, 0.15) is 0 Å². The maximum absolute atomic E-state index is 11.7. The summed E-state index contributed by atoms with van der Waals surface area (Å²) < 4.78 is 1.03. The van der Waals surface area contributed by atoms with Crippen LogP contribution in [0.15, 0.2) is 28.7 Å². The molecule has 0 aliphatic carbocycles. The molecular formula is C14H17BrN2O. The summed E-state index contributed by atoms with van der Waals surface area (Å²) in [7, 11) is 0. The maximum atomic E-state index is 11.7. The lowest BCUT2D eigenvalue weighted by Gasteiger charge is -2.20. The highest BCUT2D eigenvalue weighted by Gasteiger charge is 2.16. The Kier molecular flexibility index (Phi) is 5.90. The summed E-state index contributed by atoms with van der Waals surface area (Å²) in [6.07, 6.45) is 5.10. The molecule has 1 aromatic carbocycles. The third-order valence-electron chi connectivity index (χ3n) is 2.63. The van der Waals surface area contributed by atoms with Gasteiger partial charge in [-0.25, -0.2) is 0 Å². The summed E-state index contributed by atoms with van der Waals surface area (Å²) in [6, 6.07) is 7.72. The lowest BCUT2D eigenvalue weighted by Crippen LogP contribution is -2.43. The van der Waals surface area contributed by atoms with Gasteiger partial charge in [0, 0.05) is 10.5 Å². The van der Waals surface area contributed by atoms with Crippen molar-refractivity contribution in [2.75, 3.05) is 6.54 Å². The minimum Gasteiger partial charge on any atom is -0.344 e. The van der Waals surface area contributed by atoms with Crippen molar-refractivity contribution < 1.29 is 4.79 Å². The van der Waals surface area contributed by atoms with Crippen LogP contribution >= 0.6 is 15.9 Å². The van der Waals surface area contributed by atoms with Crippen molar-refractivity contribution in [3.05, 3.63) is 34.3 Å². The fraction of sp³-hybridized carbons (Fsp3) is 0.357. The van der Waals surface area contributed by atoms with E-state index in [1.165, 1.54) is 0 Å². The number of benzene rings is 1. The number of rotatable bonds is 5. The zero-order chi connectivity index (χ0) is 13.5. The zero-order valence-electron chi connectivity index (χ0n) is 10.5. The molecule has 0 saturated heterocycles. The fourth-order valence-corrected chi connectivity index (χ4v) is 2.29. The van der Waals surface area contributed by atoms with E-state index in [1.807, 2.05) is 38.1 Å². The molecule has 0 saturated carbocycles. The number of carbonyl (C=O) groups is 1. The first-order valence-electron chi connectivity index (χ1n) is 5.78. The predicted octanol–water partition coefficient (Wildman–Crippen LogP) is 2.24. The van der Waals surface area contributed by atoms with Gasteiger partial charge in [-0.05, 0) is 25.5 Å². The largest absolute Gasteiger partial charge is 0.344 e. The van der Waals surface area contributed by atoms with Gasteiger partial charge in [-0.15, -0.1) is 6.42 Å². The average molecular weight is 309 g/mol. The third-order valence-corrected chi connectivity index (χ3v) is 3.35. The van der Waals surface area contributed by atoms with Gasteiger partial charge >= 0.3 is 0 Å². The fourth-order valence-electron chi connectivity index (χ4n) is 1.66. The van der Waals surface area contributed by atoms with Gasteiger partial charge < -0.3 is 5.32 Å². The van der Waals surface area contributed by atoms with Gasteiger partial charge in [0.2, 0.25) is 5.91 Å². The van der Waals surface area contributed by atoms with E-state index in [0.717, 1.165) is 10.0 Å². The monoisotopic (exact) mass is 308 g/mol. The summed E-state index contributed by atoms with van der Waals surface area (Å²) in [5.41, 5.74) is 1.12. The highest BCUT2D eigenvalue weighted by atomic mass is 79.9. The van der Waals surface area contributed by atoms with Gasteiger partial charge in [0.15, 0.2) is 0 Å². The summed E-state index contributed by atoms with van der Waals surface area (Å²) in [5.74, 6) is 2.29. The van der Waals surface area contributed by atoms with Crippen LogP contribution in [0.5, 0.6) is 0 Å². The lowest BCUT2D eigenvalue weighted by molar-refractivity contribution is -0.122. The Bertz CT molecular complexity index is 453. The van der Waals surface area contributed by atoms with Crippen LogP contribution in [0.3, 0.4) is 0 Å². The van der Waals surface area contributed by atoms with Gasteiger partial charge in [-0.3, -0.25) is 10.1 Å². The van der Waals surface area contributed by atoms with Crippen molar-refractivity contribution in [3.8, 4) is 12.3 Å². The Balaban J connectivity index is 2.60. The third kappa shape index (κ3) is 4.17. The van der Waals surface area contributed by atoms with Crippen LogP contribution < -0.4 is 10.6 Å². The van der Waals surface area contributed by atoms with Gasteiger partial charge in [-0.1, -0.05) is 40.0 Å². The van der Waals surface area contributed by atoms with Crippen LogP contribution in [-0.2, 0) is 4.79 Å². The molecule has 2 atom stereocenters. The number of nitrogens with one attached hydrogen (secondary N) is 2. The molecule has 0 bridgehead atoms. The highest BCUT2D eigenvalue weighted by molar-refractivity contribution is 9.10. The molecule has 0 aromatic heterocycles. The molecule has 96 valence electrons. The Hall–Kier alpha value is -1.31. The van der Waals surface area contributed by atoms with Crippen LogP contribution in [0.4, 0.5) is 0 Å². The number of halogens is 1. The van der Waals surface area contributed by atoms with E-state index in [4.69, 9.17) is 6.42 Å². The average Bonchev–Trinajstić information content (AvgIpc) is 2.36. The second kappa shape index (κ2) is 7.20. The van der Waals surface area contributed by atoms with Crippen LogP contribution in [-0.4, -0.2) is 18.5 Å². The van der Waals surface area contributed by atoms with Crippen molar-refractivity contribution in [1.82, 2.24) is 10.6 Å². The number of amides is 1. The molecule has 1 aromatic rings. The Morgan fingerprint density at radius 1 is 1.44 bits per heavy atom. The smallest absolute Gasteiger partial charge is 0.237 e. The lowest BCUT2D eigenvalue weighted by atomic mass is 10.1. The van der Waals surface area contributed by atoms with Crippen LogP contribution in [0.1, 0.15) is 25.5 Å². The Morgan fingerprint density at radius 2 is 2.11 bits per heavy atom. The van der Waals surface area contributed by atoms with Crippen molar-refractivity contribution in [2.45, 2.75) is 25.9 Å². The topological polar surface area (TPSA) is 41.1 Å². The molecule has 1 unspecified atom stereocenters. The summed E-state index contributed by atoms with van der Waals surface area (Å²) in [6.45, 7) is 4.10. The summed E-state index contributed by atoms with van der Waals surface area (Å²) >= 11 is 3.50. The number of hydrogen-bond donors (Lipinski definition) is 2. The molecule has 1 amide bonds. The van der Waals surface area contributed by atoms with Crippen LogP contribution in [0.2, 0.25) is 0 Å². The van der Waals surface area contributed by atoms with Crippen molar-refractivity contribution in [1.29, 1.82) is 0 Å². The number of hydrogen-bond acceptors (Lipinski definition) is 2. The second-order valence-electron chi connectivity index (χ2n) is 4.05. The molecular weight excluding hydrogens is 292 g/mol. The summed E-state index contributed by atoms with van der Waals surface area (Å²) in [4.78, 5) is 11.7. The summed E-state index contributed by atoms with van der Waals surface area (Å²) in [5, 5.41) is 5.89. The van der Waals surface area contributed by atoms with Crippen molar-refractivity contribution >= 4 is 21.8 Å². The normalized spacial score (nSPS) is 13.4. The Morgan fingerprint density at radius 3 is 2.72 bits per heavy atom. The van der Waals surface area contributed by atoms with Gasteiger partial charge in [0.05, 0.1) is 12.6 Å². The highest BCUT2D eigenvalue weighted by Crippen LogP contribution is 2.22. The predicted molar refractivity (Wildman–Crippen MR) is 77.0 cm³/mol. The van der Waals surface area contributed by atoms with Gasteiger partial charge in [-0.2, -0.15) is 0 Å². The molecule has 0 radical (unpaired) electrons. The molecule has 4 heteroatoms. The maximum Gasteiger partial charge on any atom is 0.237 e. The van der Waals surface area contributed by atoms with E-state index in [1.54, 1.807) is 0 Å². The van der Waals surface area contributed by atoms with Crippen molar-refractivity contribution in [3.63, 3.8) is 0 Å². The molecule has 2 N–H and O–H groups in total. The minimum absolute atomic E-state index is 0.0761. The van der Waals surface area contributed by atoms with E-state index < -0.39 is 0 Å². The molecule has 18 heavy (non-hydrogen) atoms. The Labute approximate surface area is 116 Å². The minimum atomic E-state index is -0.291. The van der Waals surface area contributed by atoms with Gasteiger partial charge in [0.25, 0.3) is 0 Å². The zero-order valence-corrected chi connectivity index (χ0v) is 12.1. The van der Waals surface area contributed by atoms with E-state index in [0.29, 0.717) is 0 Å². The SMILES string of the molecule is C#CCNC(=O)C(C)N[C@@H](C)c1ccccc1Br. The molecule has 0 heterocycles. The first-order valence-corrected chi connectivity index (χ1v) is 6.57. The molecule has 0 spiro atoms.